The minimum atomic E-state index is -0.833. The Morgan fingerprint density at radius 2 is 2.00 bits per heavy atom. The van der Waals surface area contributed by atoms with Gasteiger partial charge in [-0.1, -0.05) is 32.0 Å². The number of benzene rings is 1. The van der Waals surface area contributed by atoms with Gasteiger partial charge in [0.25, 0.3) is 0 Å². The van der Waals surface area contributed by atoms with Gasteiger partial charge in [-0.25, -0.2) is 0 Å². The van der Waals surface area contributed by atoms with Crippen molar-refractivity contribution >= 4 is 24.0 Å². The Hall–Kier alpha value is -1.10. The van der Waals surface area contributed by atoms with Crippen LogP contribution in [0.2, 0.25) is 0 Å². The Morgan fingerprint density at radius 1 is 1.33 bits per heavy atom. The maximum atomic E-state index is 13.3. The van der Waals surface area contributed by atoms with Crippen LogP contribution in [0.1, 0.15) is 45.6 Å². The van der Waals surface area contributed by atoms with Gasteiger partial charge in [0.2, 0.25) is 5.91 Å². The van der Waals surface area contributed by atoms with Crippen LogP contribution >= 0.6 is 12.4 Å². The summed E-state index contributed by atoms with van der Waals surface area (Å²) in [6.45, 7) is 7.56. The first-order chi connectivity index (χ1) is 10.9. The predicted octanol–water partition coefficient (Wildman–Crippen LogP) is 3.02. The van der Waals surface area contributed by atoms with Crippen LogP contribution in [0.4, 0.5) is 5.69 Å². The number of carbonyl (C=O) groups is 1. The Balaban J connectivity index is 0.00000169. The summed E-state index contributed by atoms with van der Waals surface area (Å²) in [4.78, 5) is 15.3. The highest BCUT2D eigenvalue weighted by atomic mass is 35.5. The Morgan fingerprint density at radius 3 is 2.58 bits per heavy atom. The highest BCUT2D eigenvalue weighted by Crippen LogP contribution is 2.58. The van der Waals surface area contributed by atoms with Crippen molar-refractivity contribution in [3.8, 4) is 0 Å². The number of para-hydroxylation sites is 1. The molecular formula is C19H27ClN2O2. The molecule has 4 nitrogen and oxygen atoms in total. The minimum absolute atomic E-state index is 0. The van der Waals surface area contributed by atoms with Gasteiger partial charge in [-0.3, -0.25) is 4.79 Å². The van der Waals surface area contributed by atoms with E-state index in [-0.39, 0.29) is 35.2 Å². The van der Waals surface area contributed by atoms with Crippen molar-refractivity contribution in [1.82, 2.24) is 0 Å². The molecule has 24 heavy (non-hydrogen) atoms. The molecular weight excluding hydrogens is 324 g/mol. The Bertz CT molecular complexity index is 671. The number of fused-ring (bicyclic) bond motifs is 2. The van der Waals surface area contributed by atoms with E-state index in [0.29, 0.717) is 13.0 Å². The molecule has 1 heterocycles. The fourth-order valence-electron chi connectivity index (χ4n) is 4.43. The molecule has 1 aromatic rings. The molecule has 5 heteroatoms. The van der Waals surface area contributed by atoms with Crippen LogP contribution in [0.3, 0.4) is 0 Å². The van der Waals surface area contributed by atoms with E-state index in [0.717, 1.165) is 12.2 Å². The second-order valence-electron chi connectivity index (χ2n) is 8.03. The van der Waals surface area contributed by atoms with Crippen molar-refractivity contribution in [2.24, 2.45) is 11.1 Å². The molecule has 2 atom stereocenters. The highest BCUT2D eigenvalue weighted by molar-refractivity contribution is 6.04. The molecule has 3 aliphatic rings. The molecule has 2 saturated carbocycles. The highest BCUT2D eigenvalue weighted by Gasteiger charge is 2.65. The molecule has 132 valence electrons. The average Bonchev–Trinajstić information content (AvgIpc) is 3.24. The van der Waals surface area contributed by atoms with Gasteiger partial charge in [-0.15, -0.1) is 12.4 Å². The third-order valence-electron chi connectivity index (χ3n) is 6.54. The topological polar surface area (TPSA) is 55.6 Å². The zero-order valence-corrected chi connectivity index (χ0v) is 15.5. The molecule has 0 bridgehead atoms. The van der Waals surface area contributed by atoms with Gasteiger partial charge in [-0.2, -0.15) is 0 Å². The van der Waals surface area contributed by atoms with E-state index >= 15 is 0 Å². The molecule has 2 N–H and O–H groups in total. The molecule has 2 fully saturated rings. The maximum absolute atomic E-state index is 13.3. The lowest BCUT2D eigenvalue weighted by Gasteiger charge is -2.58. The standard InChI is InChI=1S/C19H26N2O2.ClH/c1-4-23-15-11-19(20,17(15,2)3)16(22)21-12-18(9-10-18)13-7-5-6-8-14(13)21;/h5-8,15H,4,9-12,20H2,1-3H3;1H. The van der Waals surface area contributed by atoms with E-state index in [1.165, 1.54) is 18.4 Å². The molecule has 1 aromatic carbocycles. The van der Waals surface area contributed by atoms with E-state index in [1.807, 2.05) is 17.9 Å². The number of carbonyl (C=O) groups excluding carboxylic acids is 1. The van der Waals surface area contributed by atoms with Gasteiger partial charge >= 0.3 is 0 Å². The van der Waals surface area contributed by atoms with Crippen molar-refractivity contribution < 1.29 is 9.53 Å². The fraction of sp³-hybridized carbons (Fsp3) is 0.632. The summed E-state index contributed by atoms with van der Waals surface area (Å²) in [5.41, 5.74) is 8.05. The predicted molar refractivity (Wildman–Crippen MR) is 97.7 cm³/mol. The Labute approximate surface area is 150 Å². The molecule has 1 amide bonds. The zero-order chi connectivity index (χ0) is 16.5. The summed E-state index contributed by atoms with van der Waals surface area (Å²) < 4.78 is 5.77. The number of rotatable bonds is 3. The molecule has 1 aliphatic heterocycles. The molecule has 4 rings (SSSR count). The summed E-state index contributed by atoms with van der Waals surface area (Å²) >= 11 is 0. The van der Waals surface area contributed by atoms with Crippen LogP contribution in [-0.4, -0.2) is 30.7 Å². The molecule has 0 aromatic heterocycles. The molecule has 2 unspecified atom stereocenters. The van der Waals surface area contributed by atoms with Crippen LogP contribution in [0.15, 0.2) is 24.3 Å². The summed E-state index contributed by atoms with van der Waals surface area (Å²) in [7, 11) is 0. The Kier molecular flexibility index (Phi) is 4.02. The van der Waals surface area contributed by atoms with Gasteiger partial charge in [0.1, 0.15) is 5.54 Å². The number of hydrogen-bond donors (Lipinski definition) is 1. The monoisotopic (exact) mass is 350 g/mol. The van der Waals surface area contributed by atoms with E-state index < -0.39 is 5.54 Å². The average molecular weight is 351 g/mol. The van der Waals surface area contributed by atoms with Gasteiger partial charge in [0.15, 0.2) is 0 Å². The number of anilines is 1. The largest absolute Gasteiger partial charge is 0.378 e. The number of ether oxygens (including phenoxy) is 1. The molecule has 2 aliphatic carbocycles. The fourth-order valence-corrected chi connectivity index (χ4v) is 4.43. The van der Waals surface area contributed by atoms with E-state index in [1.54, 1.807) is 0 Å². The van der Waals surface area contributed by atoms with Crippen molar-refractivity contribution in [1.29, 1.82) is 0 Å². The van der Waals surface area contributed by atoms with Gasteiger partial charge in [-0.05, 0) is 31.4 Å². The first kappa shape index (κ1) is 17.7. The lowest BCUT2D eigenvalue weighted by molar-refractivity contribution is -0.168. The van der Waals surface area contributed by atoms with Crippen LogP contribution in [0.25, 0.3) is 0 Å². The number of halogens is 1. The lowest BCUT2D eigenvalue weighted by atomic mass is 9.54. The first-order valence-corrected chi connectivity index (χ1v) is 8.68. The number of nitrogens with zero attached hydrogens (tertiary/aromatic N) is 1. The molecule has 0 radical (unpaired) electrons. The quantitative estimate of drug-likeness (QED) is 0.911. The third-order valence-corrected chi connectivity index (χ3v) is 6.54. The maximum Gasteiger partial charge on any atom is 0.247 e. The number of hydrogen-bond acceptors (Lipinski definition) is 3. The van der Waals surface area contributed by atoms with Crippen LogP contribution in [0.5, 0.6) is 0 Å². The number of amides is 1. The van der Waals surface area contributed by atoms with Crippen molar-refractivity contribution in [2.45, 2.75) is 57.1 Å². The van der Waals surface area contributed by atoms with Gasteiger partial charge in [0.05, 0.1) is 6.10 Å². The second kappa shape index (κ2) is 5.45. The SMILES string of the molecule is CCOC1CC(N)(C(=O)N2CC3(CC3)c3ccccc32)C1(C)C.Cl. The minimum Gasteiger partial charge on any atom is -0.378 e. The van der Waals surface area contributed by atoms with E-state index in [4.69, 9.17) is 10.5 Å². The summed E-state index contributed by atoms with van der Waals surface area (Å²) in [5, 5.41) is 0. The zero-order valence-electron chi connectivity index (χ0n) is 14.7. The van der Waals surface area contributed by atoms with Crippen LogP contribution in [-0.2, 0) is 14.9 Å². The third kappa shape index (κ3) is 2.09. The van der Waals surface area contributed by atoms with Crippen LogP contribution in [0, 0.1) is 5.41 Å². The molecule has 1 spiro atoms. The lowest BCUT2D eigenvalue weighted by Crippen LogP contribution is -2.76. The second-order valence-corrected chi connectivity index (χ2v) is 8.03. The molecule has 0 saturated heterocycles. The van der Waals surface area contributed by atoms with Crippen molar-refractivity contribution in [3.05, 3.63) is 29.8 Å². The first-order valence-electron chi connectivity index (χ1n) is 8.68. The smallest absolute Gasteiger partial charge is 0.247 e. The van der Waals surface area contributed by atoms with Crippen molar-refractivity contribution in [2.75, 3.05) is 18.1 Å². The van der Waals surface area contributed by atoms with Gasteiger partial charge < -0.3 is 15.4 Å². The van der Waals surface area contributed by atoms with E-state index in [9.17, 15) is 4.79 Å². The number of nitrogens with two attached hydrogens (primary N) is 1. The normalized spacial score (nSPS) is 31.2. The van der Waals surface area contributed by atoms with Crippen LogP contribution < -0.4 is 10.6 Å². The van der Waals surface area contributed by atoms with Gasteiger partial charge in [0, 0.05) is 36.1 Å². The van der Waals surface area contributed by atoms with E-state index in [2.05, 4.69) is 32.0 Å². The summed E-state index contributed by atoms with van der Waals surface area (Å²) in [6, 6.07) is 8.32. The summed E-state index contributed by atoms with van der Waals surface area (Å²) in [6.07, 6.45) is 3.03. The summed E-state index contributed by atoms with van der Waals surface area (Å²) in [5.74, 6) is 0.0645. The van der Waals surface area contributed by atoms with Crippen molar-refractivity contribution in [3.63, 3.8) is 0 Å².